The number of hydrogen-bond donors (Lipinski definition) is 0. The van der Waals surface area contributed by atoms with E-state index < -0.39 is 0 Å². The molecule has 0 unspecified atom stereocenters. The Morgan fingerprint density at radius 3 is 1.66 bits per heavy atom. The van der Waals surface area contributed by atoms with Gasteiger partial charge in [-0.2, -0.15) is 4.58 Å². The summed E-state index contributed by atoms with van der Waals surface area (Å²) in [5.41, 5.74) is 10.8. The molecule has 0 saturated carbocycles. The summed E-state index contributed by atoms with van der Waals surface area (Å²) in [6, 6.07) is 27.2. The number of hydrogen-bond acceptors (Lipinski definition) is 0. The van der Waals surface area contributed by atoms with Crippen LogP contribution in [0, 0.1) is 0 Å². The Morgan fingerprint density at radius 2 is 1.09 bits per heavy atom. The van der Waals surface area contributed by atoms with Crippen molar-refractivity contribution in [3.8, 4) is 0 Å². The number of rotatable bonds is 14. The van der Waals surface area contributed by atoms with Crippen molar-refractivity contribution in [2.45, 2.75) is 91.6 Å². The van der Waals surface area contributed by atoms with E-state index >= 15 is 0 Å². The molecule has 44 heavy (non-hydrogen) atoms. The molecule has 0 amide bonds. The maximum Gasteiger partial charge on any atom is 0.213 e. The Kier molecular flexibility index (Phi) is 10.8. The van der Waals surface area contributed by atoms with Crippen molar-refractivity contribution in [1.29, 1.82) is 0 Å². The van der Waals surface area contributed by atoms with Crippen molar-refractivity contribution in [3.63, 3.8) is 0 Å². The van der Waals surface area contributed by atoms with E-state index in [1.165, 1.54) is 113 Å². The number of unbranched alkanes of at least 4 members (excludes halogenated alkanes) is 6. The standard InChI is InChI=1S/C40H48N3.ClH/c1-4-7-16-25-41-28-34(31-19-10-13-22-37(31)41)40(35-29-42(26-17-8-5-2)38-23-14-11-20-32(35)38)36-30-43(27-18-9-6-3)39-24-15-12-21-33(36)39;/h10-15,19-24,28-30H,4-9,16-18,25-27H2,1-3H3;1H/q+1;/p-1. The zero-order chi connectivity index (χ0) is 29.6. The highest BCUT2D eigenvalue weighted by molar-refractivity contribution is 6.26. The van der Waals surface area contributed by atoms with Crippen molar-refractivity contribution in [2.24, 2.45) is 0 Å². The van der Waals surface area contributed by atoms with Gasteiger partial charge >= 0.3 is 0 Å². The zero-order valence-electron chi connectivity index (χ0n) is 26.9. The maximum absolute atomic E-state index is 2.52. The van der Waals surface area contributed by atoms with Gasteiger partial charge in [-0.05, 0) is 37.5 Å². The predicted molar refractivity (Wildman–Crippen MR) is 186 cm³/mol. The number of para-hydroxylation sites is 3. The van der Waals surface area contributed by atoms with Crippen LogP contribution in [0.1, 0.15) is 95.2 Å². The highest BCUT2D eigenvalue weighted by Crippen LogP contribution is 2.44. The normalized spacial score (nSPS) is 12.5. The molecule has 3 aromatic carbocycles. The van der Waals surface area contributed by atoms with E-state index in [0.717, 1.165) is 19.6 Å². The molecule has 0 bridgehead atoms. The van der Waals surface area contributed by atoms with E-state index in [-0.39, 0.29) is 12.4 Å². The zero-order valence-corrected chi connectivity index (χ0v) is 27.6. The van der Waals surface area contributed by atoms with E-state index in [1.807, 2.05) is 0 Å². The van der Waals surface area contributed by atoms with Gasteiger partial charge in [-0.25, -0.2) is 0 Å². The Bertz CT molecular complexity index is 1680. The van der Waals surface area contributed by atoms with Gasteiger partial charge in [0.15, 0.2) is 6.21 Å². The quantitative estimate of drug-likeness (QED) is 0.0903. The lowest BCUT2D eigenvalue weighted by atomic mass is 9.90. The van der Waals surface area contributed by atoms with Crippen LogP contribution >= 0.6 is 0 Å². The lowest BCUT2D eigenvalue weighted by Crippen LogP contribution is -3.00. The third-order valence-corrected chi connectivity index (χ3v) is 9.18. The minimum Gasteiger partial charge on any atom is -1.00 e. The van der Waals surface area contributed by atoms with Gasteiger partial charge in [0.05, 0.1) is 11.1 Å². The molecular weight excluding hydrogens is 558 g/mol. The average molecular weight is 606 g/mol. The molecule has 1 aliphatic rings. The van der Waals surface area contributed by atoms with Crippen LogP contribution in [0.4, 0.5) is 5.69 Å². The predicted octanol–water partition coefficient (Wildman–Crippen LogP) is 7.86. The van der Waals surface area contributed by atoms with Gasteiger partial charge in [-0.3, -0.25) is 0 Å². The largest absolute Gasteiger partial charge is 1.00 e. The molecule has 1 aliphatic heterocycles. The lowest BCUT2D eigenvalue weighted by molar-refractivity contribution is -0.432. The van der Waals surface area contributed by atoms with Crippen molar-refractivity contribution in [3.05, 3.63) is 102 Å². The number of benzene rings is 3. The van der Waals surface area contributed by atoms with E-state index in [9.17, 15) is 0 Å². The number of aryl methyl sites for hydroxylation is 2. The summed E-state index contributed by atoms with van der Waals surface area (Å²) in [7, 11) is 0. The maximum atomic E-state index is 2.52. The summed E-state index contributed by atoms with van der Waals surface area (Å²) in [6.45, 7) is 10.0. The third-order valence-electron chi connectivity index (χ3n) is 9.18. The van der Waals surface area contributed by atoms with Gasteiger partial charge in [0.1, 0.15) is 6.54 Å². The molecule has 3 heterocycles. The minimum absolute atomic E-state index is 0. The Labute approximate surface area is 270 Å². The van der Waals surface area contributed by atoms with Crippen LogP contribution < -0.4 is 12.4 Å². The first-order valence-corrected chi connectivity index (χ1v) is 16.9. The van der Waals surface area contributed by atoms with E-state index in [1.54, 1.807) is 0 Å². The van der Waals surface area contributed by atoms with Crippen molar-refractivity contribution in [1.82, 2.24) is 9.13 Å². The van der Waals surface area contributed by atoms with Gasteiger partial charge in [0.2, 0.25) is 5.69 Å². The van der Waals surface area contributed by atoms with Crippen molar-refractivity contribution < 1.29 is 17.0 Å². The highest BCUT2D eigenvalue weighted by atomic mass is 35.5. The molecule has 0 aliphatic carbocycles. The average Bonchev–Trinajstić information content (AvgIpc) is 3.71. The monoisotopic (exact) mass is 605 g/mol. The molecule has 0 fully saturated rings. The number of halogens is 1. The van der Waals surface area contributed by atoms with Crippen LogP contribution in [0.5, 0.6) is 0 Å². The minimum atomic E-state index is 0. The van der Waals surface area contributed by atoms with Crippen LogP contribution in [0.15, 0.2) is 85.2 Å². The smallest absolute Gasteiger partial charge is 0.213 e. The van der Waals surface area contributed by atoms with Gasteiger partial charge in [0, 0.05) is 76.5 Å². The number of allylic oxidation sites excluding steroid dienone is 1. The summed E-state index contributed by atoms with van der Waals surface area (Å²) in [5, 5.41) is 2.69. The van der Waals surface area contributed by atoms with Gasteiger partial charge < -0.3 is 21.5 Å². The van der Waals surface area contributed by atoms with Gasteiger partial charge in [-0.15, -0.1) is 0 Å². The van der Waals surface area contributed by atoms with Crippen molar-refractivity contribution >= 4 is 44.9 Å². The molecule has 230 valence electrons. The molecule has 0 spiro atoms. The first kappa shape index (κ1) is 31.9. The molecule has 2 aromatic heterocycles. The molecule has 4 heteroatoms. The number of nitrogens with zero attached hydrogens (tertiary/aromatic N) is 3. The topological polar surface area (TPSA) is 12.9 Å². The van der Waals surface area contributed by atoms with Crippen LogP contribution in [-0.2, 0) is 13.1 Å². The molecular formula is C40H48ClN3. The summed E-state index contributed by atoms with van der Waals surface area (Å²) in [5.74, 6) is 0. The molecule has 0 radical (unpaired) electrons. The van der Waals surface area contributed by atoms with E-state index in [2.05, 4.69) is 126 Å². The molecule has 0 saturated heterocycles. The fourth-order valence-electron chi connectivity index (χ4n) is 6.92. The van der Waals surface area contributed by atoms with Gasteiger partial charge in [0.25, 0.3) is 0 Å². The first-order chi connectivity index (χ1) is 21.2. The second-order valence-electron chi connectivity index (χ2n) is 12.3. The lowest BCUT2D eigenvalue weighted by Gasteiger charge is -2.10. The molecule has 0 N–H and O–H groups in total. The Morgan fingerprint density at radius 1 is 0.591 bits per heavy atom. The fraction of sp³-hybridized carbons (Fsp3) is 0.375. The van der Waals surface area contributed by atoms with Crippen LogP contribution in [0.25, 0.3) is 33.0 Å². The second kappa shape index (κ2) is 14.9. The fourth-order valence-corrected chi connectivity index (χ4v) is 6.92. The molecule has 5 aromatic rings. The van der Waals surface area contributed by atoms with E-state index in [0.29, 0.717) is 0 Å². The SMILES string of the molecule is CCCCCn1cc(C(=C2C=[N+](CCCCC)c3ccccc32)c2cn(CCCCC)c3ccccc23)c2ccccc21.[Cl-]. The molecule has 3 nitrogen and oxygen atoms in total. The van der Waals surface area contributed by atoms with Crippen LogP contribution in [-0.4, -0.2) is 26.5 Å². The summed E-state index contributed by atoms with van der Waals surface area (Å²) in [6.07, 6.45) is 18.5. The Hall–Kier alpha value is -3.56. The summed E-state index contributed by atoms with van der Waals surface area (Å²) in [4.78, 5) is 0. The summed E-state index contributed by atoms with van der Waals surface area (Å²) < 4.78 is 7.55. The highest BCUT2D eigenvalue weighted by Gasteiger charge is 2.31. The molecule has 6 rings (SSSR count). The molecule has 0 atom stereocenters. The third kappa shape index (κ3) is 6.31. The number of fused-ring (bicyclic) bond motifs is 3. The van der Waals surface area contributed by atoms with Crippen LogP contribution in [0.3, 0.4) is 0 Å². The van der Waals surface area contributed by atoms with Crippen molar-refractivity contribution in [2.75, 3.05) is 6.54 Å². The Balaban J connectivity index is 0.00000384. The first-order valence-electron chi connectivity index (χ1n) is 16.9. The van der Waals surface area contributed by atoms with Gasteiger partial charge in [-0.1, -0.05) is 101 Å². The number of aromatic nitrogens is 2. The summed E-state index contributed by atoms with van der Waals surface area (Å²) >= 11 is 0. The van der Waals surface area contributed by atoms with Crippen LogP contribution in [0.2, 0.25) is 0 Å². The van der Waals surface area contributed by atoms with E-state index in [4.69, 9.17) is 0 Å². The second-order valence-corrected chi connectivity index (χ2v) is 12.3.